The van der Waals surface area contributed by atoms with Gasteiger partial charge in [0.15, 0.2) is 5.13 Å². The van der Waals surface area contributed by atoms with Gasteiger partial charge in [0.2, 0.25) is 0 Å². The van der Waals surface area contributed by atoms with Gasteiger partial charge in [0.1, 0.15) is 11.5 Å². The number of ether oxygens (including phenoxy) is 2. The Bertz CT molecular complexity index is 1130. The molecule has 1 aliphatic carbocycles. The highest BCUT2D eigenvalue weighted by Gasteiger charge is 2.15. The van der Waals surface area contributed by atoms with Crippen LogP contribution in [0.5, 0.6) is 5.75 Å². The maximum Gasteiger partial charge on any atom is 0.257 e. The molecule has 4 rings (SSSR count). The second kappa shape index (κ2) is 9.24. The normalized spacial score (nSPS) is 15.5. The summed E-state index contributed by atoms with van der Waals surface area (Å²) in [4.78, 5) is 20.9. The smallest absolute Gasteiger partial charge is 0.257 e. The number of methoxy groups -OCH3 is 1. The zero-order valence-electron chi connectivity index (χ0n) is 17.6. The lowest BCUT2D eigenvalue weighted by Gasteiger charge is -2.16. The van der Waals surface area contributed by atoms with E-state index in [-0.39, 0.29) is 12.0 Å². The lowest BCUT2D eigenvalue weighted by Crippen LogP contribution is -2.11. The minimum Gasteiger partial charge on any atom is -0.458 e. The van der Waals surface area contributed by atoms with Gasteiger partial charge in [-0.05, 0) is 67.8 Å². The molecular formula is C24H23N3O3S. The van der Waals surface area contributed by atoms with Crippen LogP contribution in [0, 0.1) is 13.8 Å². The molecule has 6 nitrogen and oxygen atoms in total. The third kappa shape index (κ3) is 4.90. The highest BCUT2D eigenvalue weighted by Crippen LogP contribution is 2.34. The van der Waals surface area contributed by atoms with Crippen molar-refractivity contribution >= 4 is 22.4 Å². The number of benzene rings is 1. The Morgan fingerprint density at radius 2 is 1.94 bits per heavy atom. The molecule has 0 saturated heterocycles. The molecule has 158 valence electrons. The van der Waals surface area contributed by atoms with Gasteiger partial charge in [-0.25, -0.2) is 4.98 Å². The van der Waals surface area contributed by atoms with Gasteiger partial charge in [0, 0.05) is 36.0 Å². The van der Waals surface area contributed by atoms with Crippen LogP contribution in [0.2, 0.25) is 0 Å². The van der Waals surface area contributed by atoms with Gasteiger partial charge in [0.05, 0.1) is 11.8 Å². The van der Waals surface area contributed by atoms with E-state index in [1.165, 1.54) is 11.3 Å². The van der Waals surface area contributed by atoms with Crippen molar-refractivity contribution in [3.8, 4) is 17.0 Å². The zero-order chi connectivity index (χ0) is 21.8. The van der Waals surface area contributed by atoms with E-state index < -0.39 is 0 Å². The number of amides is 1. The number of aryl methyl sites for hydroxylation is 2. The van der Waals surface area contributed by atoms with Crippen LogP contribution in [0.1, 0.15) is 27.9 Å². The van der Waals surface area contributed by atoms with Gasteiger partial charge in [-0.15, -0.1) is 11.3 Å². The third-order valence-electron chi connectivity index (χ3n) is 4.99. The van der Waals surface area contributed by atoms with E-state index in [1.807, 2.05) is 49.6 Å². The van der Waals surface area contributed by atoms with E-state index >= 15 is 0 Å². The number of pyridine rings is 1. The number of carbonyl (C=O) groups is 1. The summed E-state index contributed by atoms with van der Waals surface area (Å²) in [6.45, 7) is 4.08. The van der Waals surface area contributed by atoms with Crippen molar-refractivity contribution in [3.63, 3.8) is 0 Å². The van der Waals surface area contributed by atoms with Crippen molar-refractivity contribution in [3.05, 3.63) is 82.7 Å². The maximum atomic E-state index is 12.4. The first-order valence-electron chi connectivity index (χ1n) is 9.91. The molecule has 1 amide bonds. The molecule has 2 aromatic heterocycles. The minimum atomic E-state index is -0.204. The number of anilines is 1. The third-order valence-corrected chi connectivity index (χ3v) is 5.75. The summed E-state index contributed by atoms with van der Waals surface area (Å²) in [6.07, 6.45) is 10.1. The van der Waals surface area contributed by atoms with E-state index in [0.29, 0.717) is 10.7 Å². The second-order valence-electron chi connectivity index (χ2n) is 7.24. The summed E-state index contributed by atoms with van der Waals surface area (Å²) in [7, 11) is 1.70. The summed E-state index contributed by atoms with van der Waals surface area (Å²) in [6, 6.07) is 7.36. The van der Waals surface area contributed by atoms with Crippen LogP contribution in [0.25, 0.3) is 11.3 Å². The molecule has 2 heterocycles. The first-order valence-corrected chi connectivity index (χ1v) is 10.8. The van der Waals surface area contributed by atoms with Gasteiger partial charge < -0.3 is 9.47 Å². The standard InChI is InChI=1S/C24H23N3O3S/c1-15-12-20(30-19-6-4-18(29-3)5-7-19)13-16(2)22(15)21-14-31-24(26-21)27-23(28)17-8-10-25-11-9-17/h4,6-14,18H,5H2,1-3H3,(H,26,27,28). The van der Waals surface area contributed by atoms with Gasteiger partial charge >= 0.3 is 0 Å². The monoisotopic (exact) mass is 433 g/mol. The predicted molar refractivity (Wildman–Crippen MR) is 122 cm³/mol. The fraction of sp³-hybridized carbons (Fsp3) is 0.208. The Balaban J connectivity index is 1.50. The number of hydrogen-bond donors (Lipinski definition) is 1. The molecule has 1 unspecified atom stereocenters. The Hall–Kier alpha value is -3.29. The number of rotatable bonds is 6. The van der Waals surface area contributed by atoms with Crippen LogP contribution in [0.15, 0.2) is 66.0 Å². The molecule has 3 aromatic rings. The topological polar surface area (TPSA) is 73.3 Å². The summed E-state index contributed by atoms with van der Waals surface area (Å²) in [5.41, 5.74) is 4.53. The number of allylic oxidation sites excluding steroid dienone is 1. The minimum absolute atomic E-state index is 0.108. The van der Waals surface area contributed by atoms with E-state index in [9.17, 15) is 4.79 Å². The molecule has 1 aliphatic rings. The Morgan fingerprint density at radius 1 is 1.19 bits per heavy atom. The Morgan fingerprint density at radius 3 is 2.58 bits per heavy atom. The fourth-order valence-electron chi connectivity index (χ4n) is 3.47. The highest BCUT2D eigenvalue weighted by atomic mass is 32.1. The predicted octanol–water partition coefficient (Wildman–Crippen LogP) is 5.31. The summed E-state index contributed by atoms with van der Waals surface area (Å²) in [5.74, 6) is 1.39. The fourth-order valence-corrected chi connectivity index (χ4v) is 4.17. The number of nitrogens with zero attached hydrogens (tertiary/aromatic N) is 2. The molecule has 0 aliphatic heterocycles. The van der Waals surface area contributed by atoms with Crippen molar-refractivity contribution in [2.24, 2.45) is 0 Å². The van der Waals surface area contributed by atoms with Crippen molar-refractivity contribution in [2.45, 2.75) is 26.4 Å². The Labute approximate surface area is 185 Å². The SMILES string of the molecule is COC1C=CC(Oc2cc(C)c(-c3csc(NC(=O)c4ccncc4)n3)c(C)c2)=CC1. The lowest BCUT2D eigenvalue weighted by molar-refractivity contribution is 0.102. The Kier molecular flexibility index (Phi) is 6.25. The van der Waals surface area contributed by atoms with Crippen LogP contribution in [0.3, 0.4) is 0 Å². The molecule has 1 atom stereocenters. The second-order valence-corrected chi connectivity index (χ2v) is 8.10. The molecule has 1 N–H and O–H groups in total. The van der Waals surface area contributed by atoms with Crippen LogP contribution >= 0.6 is 11.3 Å². The molecular weight excluding hydrogens is 410 g/mol. The number of thiazole rings is 1. The van der Waals surface area contributed by atoms with Gasteiger partial charge in [-0.1, -0.05) is 6.08 Å². The number of hydrogen-bond acceptors (Lipinski definition) is 6. The highest BCUT2D eigenvalue weighted by molar-refractivity contribution is 7.14. The van der Waals surface area contributed by atoms with E-state index in [4.69, 9.17) is 9.47 Å². The number of nitrogens with one attached hydrogen (secondary N) is 1. The molecule has 0 bridgehead atoms. The summed E-state index contributed by atoms with van der Waals surface area (Å²) >= 11 is 1.40. The molecule has 31 heavy (non-hydrogen) atoms. The summed E-state index contributed by atoms with van der Waals surface area (Å²) < 4.78 is 11.4. The van der Waals surface area contributed by atoms with Gasteiger partial charge in [-0.2, -0.15) is 0 Å². The average Bonchev–Trinajstić information content (AvgIpc) is 3.22. The molecule has 1 aromatic carbocycles. The van der Waals surface area contributed by atoms with Crippen LogP contribution < -0.4 is 10.1 Å². The zero-order valence-corrected chi connectivity index (χ0v) is 18.4. The van der Waals surface area contributed by atoms with Crippen LogP contribution in [0.4, 0.5) is 5.13 Å². The molecule has 0 saturated carbocycles. The van der Waals surface area contributed by atoms with Crippen LogP contribution in [-0.4, -0.2) is 29.1 Å². The van der Waals surface area contributed by atoms with E-state index in [1.54, 1.807) is 31.6 Å². The van der Waals surface area contributed by atoms with Gasteiger partial charge in [-0.3, -0.25) is 15.1 Å². The van der Waals surface area contributed by atoms with Crippen molar-refractivity contribution in [1.29, 1.82) is 0 Å². The quantitative estimate of drug-likeness (QED) is 0.570. The van der Waals surface area contributed by atoms with Gasteiger partial charge in [0.25, 0.3) is 5.91 Å². The van der Waals surface area contributed by atoms with Crippen molar-refractivity contribution in [2.75, 3.05) is 12.4 Å². The number of carbonyl (C=O) groups excluding carboxylic acids is 1. The molecule has 0 radical (unpaired) electrons. The molecule has 7 heteroatoms. The molecule has 0 spiro atoms. The lowest BCUT2D eigenvalue weighted by atomic mass is 10.00. The first-order chi connectivity index (χ1) is 15.0. The maximum absolute atomic E-state index is 12.4. The first kappa shape index (κ1) is 21.0. The van der Waals surface area contributed by atoms with E-state index in [0.717, 1.165) is 40.3 Å². The van der Waals surface area contributed by atoms with E-state index in [2.05, 4.69) is 15.3 Å². The largest absolute Gasteiger partial charge is 0.458 e. The summed E-state index contributed by atoms with van der Waals surface area (Å²) in [5, 5.41) is 5.36. The van der Waals surface area contributed by atoms with Crippen molar-refractivity contribution in [1.82, 2.24) is 9.97 Å². The average molecular weight is 434 g/mol. The molecule has 0 fully saturated rings. The van der Waals surface area contributed by atoms with Crippen molar-refractivity contribution < 1.29 is 14.3 Å². The van der Waals surface area contributed by atoms with Crippen LogP contribution in [-0.2, 0) is 4.74 Å². The number of aromatic nitrogens is 2.